The van der Waals surface area contributed by atoms with E-state index in [1.165, 1.54) is 0 Å². The molecule has 2 fully saturated rings. The molecule has 1 saturated heterocycles. The average molecular weight is 331 g/mol. The number of benzene rings is 1. The largest absolute Gasteiger partial charge is 0.481 e. The van der Waals surface area contributed by atoms with Crippen molar-refractivity contribution in [1.82, 2.24) is 5.32 Å². The first-order valence-corrected chi connectivity index (χ1v) is 8.80. The van der Waals surface area contributed by atoms with E-state index in [1.54, 1.807) is 6.07 Å². The SMILES string of the molecule is O=C(NCC1(C(=O)O)CCCCC1)c1cccc(C2CCOC2)c1. The zero-order valence-corrected chi connectivity index (χ0v) is 13.9. The summed E-state index contributed by atoms with van der Waals surface area (Å²) in [7, 11) is 0. The number of hydrogen-bond donors (Lipinski definition) is 2. The van der Waals surface area contributed by atoms with Crippen molar-refractivity contribution in [2.24, 2.45) is 5.41 Å². The van der Waals surface area contributed by atoms with Crippen LogP contribution in [0.5, 0.6) is 0 Å². The van der Waals surface area contributed by atoms with Crippen molar-refractivity contribution in [3.63, 3.8) is 0 Å². The minimum atomic E-state index is -0.801. The molecular weight excluding hydrogens is 306 g/mol. The van der Waals surface area contributed by atoms with Crippen molar-refractivity contribution in [3.8, 4) is 0 Å². The van der Waals surface area contributed by atoms with Gasteiger partial charge in [0.1, 0.15) is 0 Å². The number of carboxylic acid groups (broad SMARTS) is 1. The Bertz CT molecular complexity index is 601. The molecule has 1 aliphatic heterocycles. The summed E-state index contributed by atoms with van der Waals surface area (Å²) >= 11 is 0. The lowest BCUT2D eigenvalue weighted by Crippen LogP contribution is -2.44. The van der Waals surface area contributed by atoms with Gasteiger partial charge in [0.25, 0.3) is 5.91 Å². The summed E-state index contributed by atoms with van der Waals surface area (Å²) in [5.74, 6) is -0.636. The van der Waals surface area contributed by atoms with Crippen molar-refractivity contribution >= 4 is 11.9 Å². The minimum Gasteiger partial charge on any atom is -0.481 e. The molecular formula is C19H25NO4. The molecule has 1 unspecified atom stereocenters. The Morgan fingerprint density at radius 1 is 1.25 bits per heavy atom. The lowest BCUT2D eigenvalue weighted by atomic mass is 9.74. The van der Waals surface area contributed by atoms with Gasteiger partial charge in [0, 0.05) is 24.6 Å². The highest BCUT2D eigenvalue weighted by atomic mass is 16.5. The normalized spacial score (nSPS) is 22.9. The first kappa shape index (κ1) is 17.0. The fraction of sp³-hybridized carbons (Fsp3) is 0.579. The molecule has 5 nitrogen and oxygen atoms in total. The molecule has 2 aliphatic rings. The van der Waals surface area contributed by atoms with Crippen molar-refractivity contribution < 1.29 is 19.4 Å². The Hall–Kier alpha value is -1.88. The van der Waals surface area contributed by atoms with Crippen LogP contribution in [0, 0.1) is 5.41 Å². The van der Waals surface area contributed by atoms with Gasteiger partial charge in [0.15, 0.2) is 0 Å². The highest BCUT2D eigenvalue weighted by Gasteiger charge is 2.39. The lowest BCUT2D eigenvalue weighted by Gasteiger charge is -2.33. The molecule has 5 heteroatoms. The van der Waals surface area contributed by atoms with E-state index in [1.807, 2.05) is 18.2 Å². The van der Waals surface area contributed by atoms with Crippen LogP contribution >= 0.6 is 0 Å². The van der Waals surface area contributed by atoms with E-state index in [9.17, 15) is 14.7 Å². The second kappa shape index (κ2) is 7.34. The third-order valence-corrected chi connectivity index (χ3v) is 5.40. The maximum Gasteiger partial charge on any atom is 0.311 e. The first-order chi connectivity index (χ1) is 11.6. The highest BCUT2D eigenvalue weighted by molar-refractivity contribution is 5.94. The molecule has 3 rings (SSSR count). The number of rotatable bonds is 5. The van der Waals surface area contributed by atoms with Gasteiger partial charge in [-0.05, 0) is 37.0 Å². The third-order valence-electron chi connectivity index (χ3n) is 5.40. The summed E-state index contributed by atoms with van der Waals surface area (Å²) in [5, 5.41) is 12.5. The van der Waals surface area contributed by atoms with Crippen LogP contribution in [0.3, 0.4) is 0 Å². The van der Waals surface area contributed by atoms with Crippen LogP contribution in [-0.4, -0.2) is 36.7 Å². The topological polar surface area (TPSA) is 75.6 Å². The van der Waals surface area contributed by atoms with Crippen LogP contribution < -0.4 is 5.32 Å². The molecule has 1 amide bonds. The van der Waals surface area contributed by atoms with Gasteiger partial charge < -0.3 is 15.2 Å². The molecule has 1 heterocycles. The molecule has 0 aromatic heterocycles. The zero-order chi connectivity index (χ0) is 17.0. The summed E-state index contributed by atoms with van der Waals surface area (Å²) in [6.07, 6.45) is 5.17. The number of aliphatic carboxylic acids is 1. The van der Waals surface area contributed by atoms with Gasteiger partial charge in [-0.15, -0.1) is 0 Å². The Kier molecular flexibility index (Phi) is 5.19. The Balaban J connectivity index is 1.66. The molecule has 2 N–H and O–H groups in total. The van der Waals surface area contributed by atoms with E-state index in [2.05, 4.69) is 5.32 Å². The molecule has 0 radical (unpaired) electrons. The quantitative estimate of drug-likeness (QED) is 0.870. The number of amides is 1. The smallest absolute Gasteiger partial charge is 0.311 e. The average Bonchev–Trinajstić information content (AvgIpc) is 3.15. The van der Waals surface area contributed by atoms with E-state index < -0.39 is 11.4 Å². The number of carbonyl (C=O) groups excluding carboxylic acids is 1. The molecule has 1 aromatic rings. The van der Waals surface area contributed by atoms with Gasteiger partial charge in [-0.25, -0.2) is 0 Å². The summed E-state index contributed by atoms with van der Waals surface area (Å²) in [6.45, 7) is 1.67. The predicted octanol–water partition coefficient (Wildman–Crippen LogP) is 2.96. The molecule has 24 heavy (non-hydrogen) atoms. The van der Waals surface area contributed by atoms with Gasteiger partial charge in [0.05, 0.1) is 12.0 Å². The van der Waals surface area contributed by atoms with E-state index in [0.29, 0.717) is 30.9 Å². The summed E-state index contributed by atoms with van der Waals surface area (Å²) in [4.78, 5) is 24.2. The second-order valence-corrected chi connectivity index (χ2v) is 7.01. The van der Waals surface area contributed by atoms with Crippen LogP contribution in [0.15, 0.2) is 24.3 Å². The standard InChI is InChI=1S/C19H25NO4/c21-17(20-13-19(18(22)23)8-2-1-3-9-19)15-6-4-5-14(11-15)16-7-10-24-12-16/h4-6,11,16H,1-3,7-10,12-13H2,(H,20,21)(H,22,23). The Labute approximate surface area is 142 Å². The van der Waals surface area contributed by atoms with Crippen LogP contribution in [0.1, 0.15) is 60.4 Å². The number of nitrogens with one attached hydrogen (secondary N) is 1. The summed E-state index contributed by atoms with van der Waals surface area (Å²) in [5.41, 5.74) is 0.909. The lowest BCUT2D eigenvalue weighted by molar-refractivity contribution is -0.150. The number of carboxylic acids is 1. The van der Waals surface area contributed by atoms with Gasteiger partial charge in [0.2, 0.25) is 0 Å². The Morgan fingerprint density at radius 2 is 2.04 bits per heavy atom. The Morgan fingerprint density at radius 3 is 2.71 bits per heavy atom. The van der Waals surface area contributed by atoms with Crippen LogP contribution in [0.4, 0.5) is 0 Å². The van der Waals surface area contributed by atoms with Crippen LogP contribution in [0.25, 0.3) is 0 Å². The van der Waals surface area contributed by atoms with Gasteiger partial charge in [-0.1, -0.05) is 31.4 Å². The maximum atomic E-state index is 12.5. The predicted molar refractivity (Wildman–Crippen MR) is 90.1 cm³/mol. The van der Waals surface area contributed by atoms with Gasteiger partial charge >= 0.3 is 5.97 Å². The fourth-order valence-electron chi connectivity index (χ4n) is 3.78. The van der Waals surface area contributed by atoms with Crippen molar-refractivity contribution in [1.29, 1.82) is 0 Å². The van der Waals surface area contributed by atoms with Gasteiger partial charge in [-0.3, -0.25) is 9.59 Å². The minimum absolute atomic E-state index is 0.193. The maximum absolute atomic E-state index is 12.5. The molecule has 0 bridgehead atoms. The number of ether oxygens (including phenoxy) is 1. The zero-order valence-electron chi connectivity index (χ0n) is 13.9. The molecule has 0 spiro atoms. The van der Waals surface area contributed by atoms with Crippen LogP contribution in [-0.2, 0) is 9.53 Å². The van der Waals surface area contributed by atoms with E-state index in [-0.39, 0.29) is 12.5 Å². The monoisotopic (exact) mass is 331 g/mol. The van der Waals surface area contributed by atoms with Crippen molar-refractivity contribution in [3.05, 3.63) is 35.4 Å². The molecule has 1 aliphatic carbocycles. The van der Waals surface area contributed by atoms with Crippen LogP contribution in [0.2, 0.25) is 0 Å². The van der Waals surface area contributed by atoms with Gasteiger partial charge in [-0.2, -0.15) is 0 Å². The van der Waals surface area contributed by atoms with E-state index >= 15 is 0 Å². The summed E-state index contributed by atoms with van der Waals surface area (Å²) in [6, 6.07) is 7.60. The number of carbonyl (C=O) groups is 2. The van der Waals surface area contributed by atoms with E-state index in [4.69, 9.17) is 4.74 Å². The molecule has 1 atom stereocenters. The van der Waals surface area contributed by atoms with Crippen molar-refractivity contribution in [2.45, 2.75) is 44.4 Å². The molecule has 1 saturated carbocycles. The second-order valence-electron chi connectivity index (χ2n) is 7.01. The molecule has 1 aromatic carbocycles. The highest BCUT2D eigenvalue weighted by Crippen LogP contribution is 2.36. The van der Waals surface area contributed by atoms with E-state index in [0.717, 1.165) is 37.9 Å². The fourth-order valence-corrected chi connectivity index (χ4v) is 3.78. The van der Waals surface area contributed by atoms with Crippen molar-refractivity contribution in [2.75, 3.05) is 19.8 Å². The third kappa shape index (κ3) is 3.61. The number of hydrogen-bond acceptors (Lipinski definition) is 3. The first-order valence-electron chi connectivity index (χ1n) is 8.80. The molecule has 130 valence electrons. The summed E-state index contributed by atoms with van der Waals surface area (Å²) < 4.78 is 5.41.